The first-order chi connectivity index (χ1) is 6.74. The minimum atomic E-state index is -0.248. The monoisotopic (exact) mass is 194 g/mol. The lowest BCUT2D eigenvalue weighted by atomic mass is 9.76. The molecule has 3 N–H and O–H groups in total. The molecule has 4 heteroatoms. The van der Waals surface area contributed by atoms with E-state index in [-0.39, 0.29) is 5.54 Å². The van der Waals surface area contributed by atoms with Crippen LogP contribution in [0.1, 0.15) is 44.9 Å². The molecule has 0 saturated heterocycles. The molecule has 0 atom stereocenters. The lowest BCUT2D eigenvalue weighted by Gasteiger charge is -2.35. The molecule has 2 rings (SSSR count). The van der Waals surface area contributed by atoms with E-state index in [0.29, 0.717) is 0 Å². The fourth-order valence-electron chi connectivity index (χ4n) is 2.28. The minimum Gasteiger partial charge on any atom is -0.319 e. The predicted octanol–water partition coefficient (Wildman–Crippen LogP) is 1.56. The summed E-state index contributed by atoms with van der Waals surface area (Å²) in [6.07, 6.45) is 7.30. The van der Waals surface area contributed by atoms with Crippen LogP contribution in [-0.2, 0) is 5.54 Å². The van der Waals surface area contributed by atoms with Crippen molar-refractivity contribution in [2.24, 2.45) is 11.7 Å². The summed E-state index contributed by atoms with van der Waals surface area (Å²) in [5.41, 5.74) is 6.06. The Balaban J connectivity index is 2.06. The number of H-pyrrole nitrogens is 1. The van der Waals surface area contributed by atoms with Gasteiger partial charge in [-0.2, -0.15) is 5.10 Å². The highest BCUT2D eigenvalue weighted by Crippen LogP contribution is 2.36. The van der Waals surface area contributed by atoms with Crippen LogP contribution < -0.4 is 5.73 Å². The van der Waals surface area contributed by atoms with Gasteiger partial charge in [-0.05, 0) is 31.6 Å². The number of nitrogens with zero attached hydrogens (tertiary/aromatic N) is 2. The second kappa shape index (κ2) is 3.69. The second-order valence-electron chi connectivity index (χ2n) is 4.34. The fourth-order valence-corrected chi connectivity index (χ4v) is 2.28. The maximum Gasteiger partial charge on any atom is 0.144 e. The highest BCUT2D eigenvalue weighted by atomic mass is 15.2. The van der Waals surface area contributed by atoms with Crippen LogP contribution in [0.3, 0.4) is 0 Å². The van der Waals surface area contributed by atoms with Crippen molar-refractivity contribution < 1.29 is 0 Å². The molecular weight excluding hydrogens is 176 g/mol. The molecule has 4 nitrogen and oxygen atoms in total. The van der Waals surface area contributed by atoms with Crippen LogP contribution in [0.4, 0.5) is 0 Å². The molecule has 0 aliphatic heterocycles. The Hall–Kier alpha value is -0.900. The molecule has 1 fully saturated rings. The summed E-state index contributed by atoms with van der Waals surface area (Å²) < 4.78 is 0. The van der Waals surface area contributed by atoms with E-state index in [1.54, 1.807) is 0 Å². The van der Waals surface area contributed by atoms with Gasteiger partial charge in [0.15, 0.2) is 0 Å². The summed E-state index contributed by atoms with van der Waals surface area (Å²) in [6.45, 7) is 2.25. The van der Waals surface area contributed by atoms with Crippen LogP contribution >= 0.6 is 0 Å². The van der Waals surface area contributed by atoms with Crippen LogP contribution in [0.5, 0.6) is 0 Å². The predicted molar refractivity (Wildman–Crippen MR) is 54.5 cm³/mol. The number of hydrogen-bond donors (Lipinski definition) is 2. The molecule has 0 bridgehead atoms. The van der Waals surface area contributed by atoms with Crippen LogP contribution in [0.2, 0.25) is 0 Å². The largest absolute Gasteiger partial charge is 0.319 e. The van der Waals surface area contributed by atoms with Crippen LogP contribution in [0, 0.1) is 5.92 Å². The molecular formula is C10H18N4. The fraction of sp³-hybridized carbons (Fsp3) is 0.800. The summed E-state index contributed by atoms with van der Waals surface area (Å²) in [6, 6.07) is 0. The van der Waals surface area contributed by atoms with Crippen LogP contribution in [0.25, 0.3) is 0 Å². The zero-order chi connectivity index (χ0) is 10.0. The van der Waals surface area contributed by atoms with Crippen molar-refractivity contribution in [2.75, 3.05) is 0 Å². The van der Waals surface area contributed by atoms with E-state index >= 15 is 0 Å². The Morgan fingerprint density at radius 2 is 2.29 bits per heavy atom. The summed E-state index contributed by atoms with van der Waals surface area (Å²) in [4.78, 5) is 4.17. The van der Waals surface area contributed by atoms with Gasteiger partial charge >= 0.3 is 0 Å². The van der Waals surface area contributed by atoms with Gasteiger partial charge in [0.25, 0.3) is 0 Å². The third-order valence-electron chi connectivity index (χ3n) is 3.46. The van der Waals surface area contributed by atoms with Crippen molar-refractivity contribution in [2.45, 2.75) is 44.6 Å². The smallest absolute Gasteiger partial charge is 0.144 e. The van der Waals surface area contributed by atoms with E-state index in [1.807, 2.05) is 0 Å². The molecule has 1 aromatic heterocycles. The summed E-state index contributed by atoms with van der Waals surface area (Å²) in [5, 5.41) is 6.76. The van der Waals surface area contributed by atoms with Gasteiger partial charge in [-0.1, -0.05) is 13.3 Å². The molecule has 14 heavy (non-hydrogen) atoms. The molecule has 78 valence electrons. The second-order valence-corrected chi connectivity index (χ2v) is 4.34. The van der Waals surface area contributed by atoms with E-state index in [2.05, 4.69) is 22.1 Å². The highest BCUT2D eigenvalue weighted by molar-refractivity contribution is 5.04. The summed E-state index contributed by atoms with van der Waals surface area (Å²) in [5.74, 6) is 1.71. The van der Waals surface area contributed by atoms with Crippen molar-refractivity contribution >= 4 is 0 Å². The van der Waals surface area contributed by atoms with Crippen molar-refractivity contribution in [3.05, 3.63) is 12.2 Å². The molecule has 0 radical (unpaired) electrons. The van der Waals surface area contributed by atoms with E-state index in [0.717, 1.165) is 24.6 Å². The molecule has 1 heterocycles. The number of nitrogens with two attached hydrogens (primary N) is 1. The first kappa shape index (κ1) is 9.65. The SMILES string of the molecule is CCC1CCC(N)(c2ncn[nH]2)CC1. The number of rotatable bonds is 2. The zero-order valence-corrected chi connectivity index (χ0v) is 8.66. The molecule has 0 unspecified atom stereocenters. The highest BCUT2D eigenvalue weighted by Gasteiger charge is 2.34. The number of nitrogens with one attached hydrogen (secondary N) is 1. The Bertz CT molecular complexity index is 272. The Kier molecular flexibility index (Phi) is 2.54. The maximum absolute atomic E-state index is 6.31. The van der Waals surface area contributed by atoms with Gasteiger partial charge in [0.1, 0.15) is 12.2 Å². The molecule has 0 aromatic carbocycles. The molecule has 0 spiro atoms. The van der Waals surface area contributed by atoms with Crippen LogP contribution in [0.15, 0.2) is 6.33 Å². The normalized spacial score (nSPS) is 33.1. The molecule has 1 aliphatic carbocycles. The van der Waals surface area contributed by atoms with Gasteiger partial charge < -0.3 is 5.73 Å². The summed E-state index contributed by atoms with van der Waals surface area (Å²) in [7, 11) is 0. The Morgan fingerprint density at radius 3 is 2.79 bits per heavy atom. The number of hydrogen-bond acceptors (Lipinski definition) is 3. The first-order valence-electron chi connectivity index (χ1n) is 5.39. The van der Waals surface area contributed by atoms with Crippen LogP contribution in [-0.4, -0.2) is 15.2 Å². The van der Waals surface area contributed by atoms with Gasteiger partial charge in [0.2, 0.25) is 0 Å². The third-order valence-corrected chi connectivity index (χ3v) is 3.46. The van der Waals surface area contributed by atoms with E-state index in [9.17, 15) is 0 Å². The van der Waals surface area contributed by atoms with Gasteiger partial charge in [-0.15, -0.1) is 0 Å². The molecule has 1 aliphatic rings. The van der Waals surface area contributed by atoms with Gasteiger partial charge in [-0.25, -0.2) is 4.98 Å². The zero-order valence-electron chi connectivity index (χ0n) is 8.66. The van der Waals surface area contributed by atoms with Gasteiger partial charge in [0.05, 0.1) is 5.54 Å². The van der Waals surface area contributed by atoms with E-state index in [4.69, 9.17) is 5.73 Å². The molecule has 1 saturated carbocycles. The standard InChI is InChI=1S/C10H18N4/c1-2-8-3-5-10(11,6-4-8)9-12-7-13-14-9/h7-8H,2-6,11H2,1H3,(H,12,13,14). The van der Waals surface area contributed by atoms with E-state index < -0.39 is 0 Å². The first-order valence-corrected chi connectivity index (χ1v) is 5.39. The topological polar surface area (TPSA) is 67.6 Å². The van der Waals surface area contributed by atoms with Crippen molar-refractivity contribution in [1.82, 2.24) is 15.2 Å². The van der Waals surface area contributed by atoms with Gasteiger partial charge in [0, 0.05) is 0 Å². The quantitative estimate of drug-likeness (QED) is 0.750. The molecule has 1 aromatic rings. The Morgan fingerprint density at radius 1 is 1.57 bits per heavy atom. The number of aromatic amines is 1. The van der Waals surface area contributed by atoms with E-state index in [1.165, 1.54) is 25.6 Å². The third kappa shape index (κ3) is 1.66. The Labute approximate surface area is 84.3 Å². The minimum absolute atomic E-state index is 0.248. The summed E-state index contributed by atoms with van der Waals surface area (Å²) >= 11 is 0. The van der Waals surface area contributed by atoms with Crippen molar-refractivity contribution in [1.29, 1.82) is 0 Å². The van der Waals surface area contributed by atoms with Gasteiger partial charge in [-0.3, -0.25) is 5.10 Å². The average molecular weight is 194 g/mol. The van der Waals surface area contributed by atoms with Crippen molar-refractivity contribution in [3.63, 3.8) is 0 Å². The average Bonchev–Trinajstić information content (AvgIpc) is 2.72. The molecule has 0 amide bonds. The number of aromatic nitrogens is 3. The lowest BCUT2D eigenvalue weighted by Crippen LogP contribution is -2.41. The lowest BCUT2D eigenvalue weighted by molar-refractivity contribution is 0.222. The maximum atomic E-state index is 6.31. The van der Waals surface area contributed by atoms with Crippen molar-refractivity contribution in [3.8, 4) is 0 Å².